The Morgan fingerprint density at radius 2 is 1.89 bits per heavy atom. The number of benzene rings is 2. The number of thiol groups is 1. The van der Waals surface area contributed by atoms with E-state index < -0.39 is 16.7 Å². The lowest BCUT2D eigenvalue weighted by Gasteiger charge is -2.11. The van der Waals surface area contributed by atoms with E-state index in [4.69, 9.17) is 9.84 Å². The fraction of sp³-hybridized carbons (Fsp3) is 0.100. The molecule has 0 amide bonds. The molecule has 28 heavy (non-hydrogen) atoms. The number of carboxylic acid groups (broad SMARTS) is 1. The standard InChI is InChI=1S/C20H18N2O5S/c23-20(24)15-4-1-3-14(9-15)11-22-12-16-10-17(6-7-19(16)28(25)26)27-18-5-2-8-21-13-18/h1-10,13,22,28H,11-12H2,(H,23,24). The average Bonchev–Trinajstić information content (AvgIpc) is 2.69. The molecule has 0 saturated heterocycles. The highest BCUT2D eigenvalue weighted by atomic mass is 32.2. The van der Waals surface area contributed by atoms with Crippen LogP contribution in [0.3, 0.4) is 0 Å². The monoisotopic (exact) mass is 398 g/mol. The third kappa shape index (κ3) is 5.15. The molecule has 0 aliphatic carbocycles. The van der Waals surface area contributed by atoms with Crippen molar-refractivity contribution in [3.05, 3.63) is 83.7 Å². The molecule has 0 fully saturated rings. The number of hydrogen-bond donors (Lipinski definition) is 3. The predicted molar refractivity (Wildman–Crippen MR) is 103 cm³/mol. The van der Waals surface area contributed by atoms with Gasteiger partial charge in [0, 0.05) is 19.3 Å². The minimum absolute atomic E-state index is 0.203. The van der Waals surface area contributed by atoms with Crippen molar-refractivity contribution in [2.75, 3.05) is 0 Å². The zero-order chi connectivity index (χ0) is 19.9. The Balaban J connectivity index is 1.73. The topological polar surface area (TPSA) is 106 Å². The zero-order valence-electron chi connectivity index (χ0n) is 14.7. The summed E-state index contributed by atoms with van der Waals surface area (Å²) in [6.45, 7) is 0.671. The van der Waals surface area contributed by atoms with Crippen LogP contribution in [0.5, 0.6) is 11.5 Å². The van der Waals surface area contributed by atoms with Crippen LogP contribution in [0.4, 0.5) is 0 Å². The molecule has 3 aromatic rings. The average molecular weight is 398 g/mol. The Labute approximate surface area is 163 Å². The maximum Gasteiger partial charge on any atom is 0.335 e. The highest BCUT2D eigenvalue weighted by molar-refractivity contribution is 7.72. The minimum Gasteiger partial charge on any atom is -0.478 e. The van der Waals surface area contributed by atoms with Gasteiger partial charge in [-0.1, -0.05) is 12.1 Å². The number of aromatic nitrogens is 1. The number of aromatic carboxylic acids is 1. The van der Waals surface area contributed by atoms with E-state index in [1.54, 1.807) is 54.9 Å². The van der Waals surface area contributed by atoms with Gasteiger partial charge in [0.25, 0.3) is 0 Å². The molecule has 0 atom stereocenters. The van der Waals surface area contributed by atoms with Gasteiger partial charge in [-0.25, -0.2) is 13.2 Å². The molecule has 7 nitrogen and oxygen atoms in total. The molecule has 1 heterocycles. The molecule has 1 aromatic heterocycles. The van der Waals surface area contributed by atoms with E-state index in [1.807, 2.05) is 0 Å². The molecule has 0 aliphatic heterocycles. The largest absolute Gasteiger partial charge is 0.478 e. The normalized spacial score (nSPS) is 10.8. The molecule has 0 radical (unpaired) electrons. The van der Waals surface area contributed by atoms with Gasteiger partial charge in [0.05, 0.1) is 16.7 Å². The summed E-state index contributed by atoms with van der Waals surface area (Å²) in [5, 5.41) is 12.2. The molecular formula is C20H18N2O5S. The number of ether oxygens (including phenoxy) is 1. The molecule has 0 unspecified atom stereocenters. The van der Waals surface area contributed by atoms with Crippen LogP contribution in [0.2, 0.25) is 0 Å². The van der Waals surface area contributed by atoms with Crippen LogP contribution in [0, 0.1) is 0 Å². The summed E-state index contributed by atoms with van der Waals surface area (Å²) >= 11 is 0. The van der Waals surface area contributed by atoms with Gasteiger partial charge in [0.1, 0.15) is 11.5 Å². The lowest BCUT2D eigenvalue weighted by atomic mass is 10.1. The van der Waals surface area contributed by atoms with Gasteiger partial charge >= 0.3 is 5.97 Å². The number of nitrogens with zero attached hydrogens (tertiary/aromatic N) is 1. The first-order valence-electron chi connectivity index (χ1n) is 8.41. The third-order valence-corrected chi connectivity index (χ3v) is 4.77. The van der Waals surface area contributed by atoms with Crippen LogP contribution in [-0.4, -0.2) is 24.5 Å². The van der Waals surface area contributed by atoms with Gasteiger partial charge in [-0.3, -0.25) is 4.98 Å². The second-order valence-corrected chi connectivity index (χ2v) is 6.94. The number of pyridine rings is 1. The van der Waals surface area contributed by atoms with E-state index >= 15 is 0 Å². The van der Waals surface area contributed by atoms with Crippen molar-refractivity contribution in [3.63, 3.8) is 0 Å². The van der Waals surface area contributed by atoms with Crippen molar-refractivity contribution in [1.82, 2.24) is 10.3 Å². The Morgan fingerprint density at radius 1 is 1.04 bits per heavy atom. The van der Waals surface area contributed by atoms with Crippen LogP contribution in [-0.2, 0) is 23.8 Å². The van der Waals surface area contributed by atoms with Gasteiger partial charge in [0.15, 0.2) is 10.7 Å². The van der Waals surface area contributed by atoms with E-state index in [1.165, 1.54) is 12.1 Å². The summed E-state index contributed by atoms with van der Waals surface area (Å²) in [4.78, 5) is 15.2. The molecular weight excluding hydrogens is 380 g/mol. The Kier molecular flexibility index (Phi) is 6.36. The van der Waals surface area contributed by atoms with Gasteiger partial charge in [-0.2, -0.15) is 0 Å². The first-order valence-corrected chi connectivity index (χ1v) is 9.59. The molecule has 2 N–H and O–H groups in total. The quantitative estimate of drug-likeness (QED) is 0.501. The first kappa shape index (κ1) is 19.5. The first-order chi connectivity index (χ1) is 13.5. The molecule has 8 heteroatoms. The lowest BCUT2D eigenvalue weighted by Crippen LogP contribution is -2.14. The Morgan fingerprint density at radius 3 is 2.61 bits per heavy atom. The van der Waals surface area contributed by atoms with Crippen molar-refractivity contribution in [2.24, 2.45) is 0 Å². The Bertz CT molecular complexity index is 1040. The van der Waals surface area contributed by atoms with Gasteiger partial charge in [-0.15, -0.1) is 0 Å². The number of carboxylic acids is 1. The summed E-state index contributed by atoms with van der Waals surface area (Å²) in [6, 6.07) is 14.8. The van der Waals surface area contributed by atoms with Crippen LogP contribution in [0.25, 0.3) is 0 Å². The van der Waals surface area contributed by atoms with E-state index in [0.717, 1.165) is 5.56 Å². The smallest absolute Gasteiger partial charge is 0.335 e. The van der Waals surface area contributed by atoms with Crippen molar-refractivity contribution < 1.29 is 23.1 Å². The lowest BCUT2D eigenvalue weighted by molar-refractivity contribution is 0.0696. The van der Waals surface area contributed by atoms with Crippen LogP contribution in [0.1, 0.15) is 21.5 Å². The number of hydrogen-bond acceptors (Lipinski definition) is 6. The summed E-state index contributed by atoms with van der Waals surface area (Å²) in [5.41, 5.74) is 1.55. The fourth-order valence-electron chi connectivity index (χ4n) is 2.64. The highest BCUT2D eigenvalue weighted by Gasteiger charge is 2.09. The van der Waals surface area contributed by atoms with Crippen molar-refractivity contribution in [1.29, 1.82) is 0 Å². The number of nitrogens with one attached hydrogen (secondary N) is 1. The van der Waals surface area contributed by atoms with E-state index in [-0.39, 0.29) is 17.0 Å². The summed E-state index contributed by atoms with van der Waals surface area (Å²) < 4.78 is 28.8. The Hall–Kier alpha value is -3.23. The second-order valence-electron chi connectivity index (χ2n) is 5.95. The van der Waals surface area contributed by atoms with Crippen molar-refractivity contribution in [2.45, 2.75) is 18.0 Å². The maximum absolute atomic E-state index is 11.5. The van der Waals surface area contributed by atoms with E-state index in [2.05, 4.69) is 10.3 Å². The molecule has 144 valence electrons. The SMILES string of the molecule is O=C(O)c1cccc(CNCc2cc(Oc3cccnc3)ccc2[SH](=O)=O)c1. The predicted octanol–water partition coefficient (Wildman–Crippen LogP) is 2.83. The second kappa shape index (κ2) is 9.12. The molecule has 2 aromatic carbocycles. The number of carbonyl (C=O) groups is 1. The third-order valence-electron chi connectivity index (χ3n) is 3.94. The maximum atomic E-state index is 11.5. The van der Waals surface area contributed by atoms with Crippen molar-refractivity contribution >= 4 is 16.7 Å². The molecule has 0 saturated carbocycles. The van der Waals surface area contributed by atoms with Crippen LogP contribution >= 0.6 is 0 Å². The van der Waals surface area contributed by atoms with Gasteiger partial charge < -0.3 is 15.2 Å². The fourth-order valence-corrected chi connectivity index (χ4v) is 3.22. The summed E-state index contributed by atoms with van der Waals surface area (Å²) in [6.07, 6.45) is 3.20. The number of rotatable bonds is 8. The molecule has 3 rings (SSSR count). The van der Waals surface area contributed by atoms with Gasteiger partial charge in [0.2, 0.25) is 0 Å². The minimum atomic E-state index is -2.76. The van der Waals surface area contributed by atoms with Crippen molar-refractivity contribution in [3.8, 4) is 11.5 Å². The van der Waals surface area contributed by atoms with E-state index in [0.29, 0.717) is 23.6 Å². The summed E-state index contributed by atoms with van der Waals surface area (Å²) in [5.74, 6) is 0.0529. The van der Waals surface area contributed by atoms with E-state index in [9.17, 15) is 13.2 Å². The van der Waals surface area contributed by atoms with Gasteiger partial charge in [-0.05, 0) is 53.6 Å². The van der Waals surface area contributed by atoms with Crippen LogP contribution in [0.15, 0.2) is 71.9 Å². The zero-order valence-corrected chi connectivity index (χ0v) is 15.6. The highest BCUT2D eigenvalue weighted by Crippen LogP contribution is 2.24. The molecule has 0 bridgehead atoms. The molecule has 0 aliphatic rings. The van der Waals surface area contributed by atoms with Crippen LogP contribution < -0.4 is 10.1 Å². The molecule has 0 spiro atoms. The summed E-state index contributed by atoms with van der Waals surface area (Å²) in [7, 11) is -2.76.